The van der Waals surface area contributed by atoms with Crippen molar-refractivity contribution in [3.8, 4) is 5.75 Å². The van der Waals surface area contributed by atoms with Gasteiger partial charge < -0.3 is 15.2 Å². The van der Waals surface area contributed by atoms with E-state index in [0.29, 0.717) is 12.3 Å². The molecule has 2 rings (SSSR count). The van der Waals surface area contributed by atoms with Crippen LogP contribution in [0.15, 0.2) is 24.3 Å². The van der Waals surface area contributed by atoms with Crippen LogP contribution in [0.25, 0.3) is 0 Å². The van der Waals surface area contributed by atoms with Gasteiger partial charge in [0, 0.05) is 26.2 Å². The van der Waals surface area contributed by atoms with Gasteiger partial charge in [0.05, 0.1) is 6.10 Å². The molecule has 1 aromatic rings. The van der Waals surface area contributed by atoms with Gasteiger partial charge in [-0.3, -0.25) is 9.69 Å². The number of aliphatic hydroxyl groups excluding tert-OH is 1. The van der Waals surface area contributed by atoms with Crippen LogP contribution in [0.5, 0.6) is 5.75 Å². The highest BCUT2D eigenvalue weighted by molar-refractivity contribution is 5.77. The number of benzene rings is 1. The number of likely N-dealkylation sites (N-methyl/N-ethyl adjacent to an activating group) is 1. The van der Waals surface area contributed by atoms with Crippen LogP contribution in [0.3, 0.4) is 0 Å². The van der Waals surface area contributed by atoms with Crippen molar-refractivity contribution in [3.63, 3.8) is 0 Å². The molecule has 1 aliphatic rings. The summed E-state index contributed by atoms with van der Waals surface area (Å²) in [5, 5.41) is 12.2. The van der Waals surface area contributed by atoms with Gasteiger partial charge in [-0.2, -0.15) is 0 Å². The van der Waals surface area contributed by atoms with Crippen LogP contribution in [0.4, 0.5) is 0 Å². The lowest BCUT2D eigenvalue weighted by atomic mass is 10.2. The molecule has 0 aliphatic carbocycles. The van der Waals surface area contributed by atoms with E-state index in [1.165, 1.54) is 5.56 Å². The van der Waals surface area contributed by atoms with Gasteiger partial charge in [0.2, 0.25) is 0 Å². The third-order valence-corrected chi connectivity index (χ3v) is 3.32. The molecule has 20 heavy (non-hydrogen) atoms. The first-order valence-corrected chi connectivity index (χ1v) is 7.06. The molecule has 1 fully saturated rings. The van der Waals surface area contributed by atoms with Crippen LogP contribution in [0, 0.1) is 0 Å². The summed E-state index contributed by atoms with van der Waals surface area (Å²) in [6.45, 7) is 5.07. The van der Waals surface area contributed by atoms with E-state index in [-0.39, 0.29) is 18.6 Å². The largest absolute Gasteiger partial charge is 0.484 e. The lowest BCUT2D eigenvalue weighted by Crippen LogP contribution is -2.28. The Bertz CT molecular complexity index is 433. The first-order valence-electron chi connectivity index (χ1n) is 7.06. The predicted molar refractivity (Wildman–Crippen MR) is 76.5 cm³/mol. The van der Waals surface area contributed by atoms with Crippen molar-refractivity contribution >= 4 is 5.91 Å². The zero-order valence-corrected chi connectivity index (χ0v) is 11.8. The maximum atomic E-state index is 11.3. The number of carbonyl (C=O) groups is 1. The van der Waals surface area contributed by atoms with Crippen LogP contribution in [-0.4, -0.2) is 48.3 Å². The molecule has 1 saturated heterocycles. The highest BCUT2D eigenvalue weighted by Crippen LogP contribution is 2.16. The van der Waals surface area contributed by atoms with E-state index in [0.717, 1.165) is 26.1 Å². The van der Waals surface area contributed by atoms with Gasteiger partial charge in [0.1, 0.15) is 5.75 Å². The first-order chi connectivity index (χ1) is 9.67. The summed E-state index contributed by atoms with van der Waals surface area (Å²) in [5.74, 6) is 0.587. The minimum Gasteiger partial charge on any atom is -0.484 e. The van der Waals surface area contributed by atoms with Gasteiger partial charge in [0.15, 0.2) is 6.61 Å². The Labute approximate surface area is 119 Å². The van der Waals surface area contributed by atoms with Gasteiger partial charge in [0.25, 0.3) is 5.91 Å². The smallest absolute Gasteiger partial charge is 0.257 e. The number of carbonyl (C=O) groups excluding carboxylic acids is 1. The van der Waals surface area contributed by atoms with E-state index in [1.54, 1.807) is 0 Å². The summed E-state index contributed by atoms with van der Waals surface area (Å²) in [4.78, 5) is 13.5. The van der Waals surface area contributed by atoms with E-state index in [4.69, 9.17) is 4.74 Å². The van der Waals surface area contributed by atoms with Gasteiger partial charge in [-0.25, -0.2) is 0 Å². The Morgan fingerprint density at radius 1 is 1.45 bits per heavy atom. The minimum absolute atomic E-state index is 0.0471. The fourth-order valence-electron chi connectivity index (χ4n) is 2.30. The van der Waals surface area contributed by atoms with Gasteiger partial charge in [-0.15, -0.1) is 0 Å². The van der Waals surface area contributed by atoms with E-state index in [9.17, 15) is 9.90 Å². The van der Waals surface area contributed by atoms with Crippen LogP contribution >= 0.6 is 0 Å². The van der Waals surface area contributed by atoms with Crippen molar-refractivity contribution in [2.45, 2.75) is 26.0 Å². The number of aliphatic hydroxyl groups is 1. The van der Waals surface area contributed by atoms with Crippen molar-refractivity contribution < 1.29 is 14.6 Å². The Balaban J connectivity index is 1.79. The van der Waals surface area contributed by atoms with Crippen LogP contribution in [0.2, 0.25) is 0 Å². The van der Waals surface area contributed by atoms with Crippen molar-refractivity contribution in [1.82, 2.24) is 10.2 Å². The molecule has 5 heteroatoms. The van der Waals surface area contributed by atoms with E-state index in [1.807, 2.05) is 31.2 Å². The molecule has 1 amide bonds. The molecule has 110 valence electrons. The molecule has 0 aromatic heterocycles. The fraction of sp³-hybridized carbons (Fsp3) is 0.533. The number of ether oxygens (including phenoxy) is 1. The van der Waals surface area contributed by atoms with Crippen molar-refractivity contribution in [3.05, 3.63) is 29.8 Å². The number of hydrogen-bond donors (Lipinski definition) is 2. The van der Waals surface area contributed by atoms with Gasteiger partial charge >= 0.3 is 0 Å². The standard InChI is InChI=1S/C15H22N2O3/c1-2-16-15(19)11-20-14-5-3-12(4-6-14)9-17-8-7-13(18)10-17/h3-6,13,18H,2,7-11H2,1H3,(H,16,19)/t13-/m0/s1. The third-order valence-electron chi connectivity index (χ3n) is 3.32. The van der Waals surface area contributed by atoms with Crippen molar-refractivity contribution in [1.29, 1.82) is 0 Å². The third kappa shape index (κ3) is 4.51. The fourth-order valence-corrected chi connectivity index (χ4v) is 2.30. The predicted octanol–water partition coefficient (Wildman–Crippen LogP) is 0.768. The normalized spacial score (nSPS) is 19.0. The molecule has 5 nitrogen and oxygen atoms in total. The Kier molecular flexibility index (Phi) is 5.38. The Morgan fingerprint density at radius 3 is 2.80 bits per heavy atom. The number of amides is 1. The highest BCUT2D eigenvalue weighted by Gasteiger charge is 2.19. The maximum absolute atomic E-state index is 11.3. The zero-order chi connectivity index (χ0) is 14.4. The van der Waals surface area contributed by atoms with Gasteiger partial charge in [-0.1, -0.05) is 12.1 Å². The lowest BCUT2D eigenvalue weighted by Gasteiger charge is -2.15. The van der Waals surface area contributed by atoms with E-state index < -0.39 is 0 Å². The lowest BCUT2D eigenvalue weighted by molar-refractivity contribution is -0.122. The Morgan fingerprint density at radius 2 is 2.20 bits per heavy atom. The molecular formula is C15H22N2O3. The Hall–Kier alpha value is -1.59. The molecule has 1 heterocycles. The summed E-state index contributed by atoms with van der Waals surface area (Å²) < 4.78 is 5.40. The van der Waals surface area contributed by atoms with Crippen molar-refractivity contribution in [2.75, 3.05) is 26.2 Å². The molecule has 1 aromatic carbocycles. The molecule has 1 aliphatic heterocycles. The molecular weight excluding hydrogens is 256 g/mol. The second-order valence-electron chi connectivity index (χ2n) is 5.06. The number of nitrogens with zero attached hydrogens (tertiary/aromatic N) is 1. The second-order valence-corrected chi connectivity index (χ2v) is 5.06. The average molecular weight is 278 g/mol. The summed E-state index contributed by atoms with van der Waals surface area (Å²) in [6.07, 6.45) is 0.669. The quantitative estimate of drug-likeness (QED) is 0.807. The molecule has 0 saturated carbocycles. The van der Waals surface area contributed by atoms with Crippen LogP contribution in [0.1, 0.15) is 18.9 Å². The summed E-state index contributed by atoms with van der Waals surface area (Å²) in [5.41, 5.74) is 1.18. The molecule has 0 radical (unpaired) electrons. The number of nitrogens with one attached hydrogen (secondary N) is 1. The number of likely N-dealkylation sites (tertiary alicyclic amines) is 1. The average Bonchev–Trinajstić information content (AvgIpc) is 2.84. The van der Waals surface area contributed by atoms with Crippen molar-refractivity contribution in [2.24, 2.45) is 0 Å². The number of β-amino-alcohol motifs (C(OH)–C–C–N with tert-alkyl or cyclic N) is 1. The molecule has 1 atom stereocenters. The molecule has 0 spiro atoms. The number of rotatable bonds is 6. The molecule has 0 unspecified atom stereocenters. The summed E-state index contributed by atoms with van der Waals surface area (Å²) in [6, 6.07) is 7.75. The SMILES string of the molecule is CCNC(=O)COc1ccc(CN2CC[C@H](O)C2)cc1. The molecule has 2 N–H and O–H groups in total. The monoisotopic (exact) mass is 278 g/mol. The second kappa shape index (κ2) is 7.26. The van der Waals surface area contributed by atoms with Crippen LogP contribution < -0.4 is 10.1 Å². The first kappa shape index (κ1) is 14.8. The summed E-state index contributed by atoms with van der Waals surface area (Å²) >= 11 is 0. The van der Waals surface area contributed by atoms with E-state index >= 15 is 0 Å². The van der Waals surface area contributed by atoms with E-state index in [2.05, 4.69) is 10.2 Å². The molecule has 0 bridgehead atoms. The maximum Gasteiger partial charge on any atom is 0.257 e. The highest BCUT2D eigenvalue weighted by atomic mass is 16.5. The minimum atomic E-state index is -0.185. The van der Waals surface area contributed by atoms with Gasteiger partial charge in [-0.05, 0) is 31.0 Å². The number of hydrogen-bond acceptors (Lipinski definition) is 4. The summed E-state index contributed by atoms with van der Waals surface area (Å²) in [7, 11) is 0. The zero-order valence-electron chi connectivity index (χ0n) is 11.8. The van der Waals surface area contributed by atoms with Crippen LogP contribution in [-0.2, 0) is 11.3 Å². The topological polar surface area (TPSA) is 61.8 Å².